The summed E-state index contributed by atoms with van der Waals surface area (Å²) in [6.07, 6.45) is 2.51. The van der Waals surface area contributed by atoms with Crippen LogP contribution in [0.25, 0.3) is 0 Å². The predicted octanol–water partition coefficient (Wildman–Crippen LogP) is 4.10. The summed E-state index contributed by atoms with van der Waals surface area (Å²) in [6.45, 7) is 2.57. The molecule has 0 unspecified atom stereocenters. The Morgan fingerprint density at radius 3 is 2.23 bits per heavy atom. The van der Waals surface area contributed by atoms with Gasteiger partial charge < -0.3 is 14.8 Å². The molecular formula is C28H33N3O7S2. The van der Waals surface area contributed by atoms with E-state index in [9.17, 15) is 21.6 Å². The van der Waals surface area contributed by atoms with Gasteiger partial charge in [0.1, 0.15) is 22.9 Å². The Hall–Kier alpha value is -3.61. The van der Waals surface area contributed by atoms with Crippen molar-refractivity contribution in [2.75, 3.05) is 43.0 Å². The van der Waals surface area contributed by atoms with Crippen LogP contribution in [-0.4, -0.2) is 60.4 Å². The number of hydrogen-bond donors (Lipinski definition) is 1. The zero-order valence-corrected chi connectivity index (χ0v) is 24.1. The molecule has 12 heteroatoms. The van der Waals surface area contributed by atoms with E-state index in [1.165, 1.54) is 41.7 Å². The van der Waals surface area contributed by atoms with Crippen molar-refractivity contribution in [2.24, 2.45) is 0 Å². The number of sulfonamides is 2. The van der Waals surface area contributed by atoms with Crippen molar-refractivity contribution in [3.05, 3.63) is 72.8 Å². The number of nitrogens with one attached hydrogen (secondary N) is 1. The number of amides is 1. The molecule has 40 heavy (non-hydrogen) atoms. The van der Waals surface area contributed by atoms with E-state index in [0.717, 1.165) is 23.6 Å². The standard InChI is InChI=1S/C28H33N3O7S2/c1-3-38-24-15-13-23(14-16-24)31(39(33,34)25-10-6-4-7-11-25)21-28(32)29-22-12-17-26(37-2)27(20-22)40(35,36)30-18-8-5-9-19-30/h4,6-7,10-17,20H,3,5,8-9,18-19,21H2,1-2H3,(H,29,32). The molecule has 0 aliphatic carbocycles. The predicted molar refractivity (Wildman–Crippen MR) is 153 cm³/mol. The number of methoxy groups -OCH3 is 1. The normalized spacial score (nSPS) is 14.3. The largest absolute Gasteiger partial charge is 0.495 e. The molecule has 4 rings (SSSR count). The lowest BCUT2D eigenvalue weighted by Crippen LogP contribution is -2.38. The molecule has 1 fully saturated rings. The quantitative estimate of drug-likeness (QED) is 0.358. The van der Waals surface area contributed by atoms with Crippen molar-refractivity contribution in [2.45, 2.75) is 36.0 Å². The van der Waals surface area contributed by atoms with Crippen molar-refractivity contribution in [3.8, 4) is 11.5 Å². The first-order chi connectivity index (χ1) is 19.2. The summed E-state index contributed by atoms with van der Waals surface area (Å²) in [7, 11) is -6.59. The summed E-state index contributed by atoms with van der Waals surface area (Å²) < 4.78 is 67.1. The van der Waals surface area contributed by atoms with Gasteiger partial charge >= 0.3 is 0 Å². The van der Waals surface area contributed by atoms with Gasteiger partial charge in [-0.05, 0) is 74.4 Å². The van der Waals surface area contributed by atoms with Crippen molar-refractivity contribution in [1.29, 1.82) is 0 Å². The topological polar surface area (TPSA) is 122 Å². The van der Waals surface area contributed by atoms with Gasteiger partial charge in [-0.15, -0.1) is 0 Å². The highest BCUT2D eigenvalue weighted by Gasteiger charge is 2.30. The Labute approximate surface area is 235 Å². The number of piperidine rings is 1. The first kappa shape index (κ1) is 29.4. The Balaban J connectivity index is 1.62. The highest BCUT2D eigenvalue weighted by Crippen LogP contribution is 2.31. The molecule has 1 saturated heterocycles. The van der Waals surface area contributed by atoms with Crippen LogP contribution in [0.1, 0.15) is 26.2 Å². The summed E-state index contributed by atoms with van der Waals surface area (Å²) in [5.41, 5.74) is 0.468. The summed E-state index contributed by atoms with van der Waals surface area (Å²) in [4.78, 5) is 13.2. The number of nitrogens with zero attached hydrogens (tertiary/aromatic N) is 2. The van der Waals surface area contributed by atoms with Crippen molar-refractivity contribution in [1.82, 2.24) is 4.31 Å². The third kappa shape index (κ3) is 6.57. The Bertz CT molecular complexity index is 1520. The van der Waals surface area contributed by atoms with Crippen LogP contribution in [0.4, 0.5) is 11.4 Å². The number of carbonyl (C=O) groups is 1. The zero-order chi connectivity index (χ0) is 28.8. The molecule has 3 aromatic carbocycles. The van der Waals surface area contributed by atoms with Crippen LogP contribution in [-0.2, 0) is 24.8 Å². The van der Waals surface area contributed by atoms with E-state index in [-0.39, 0.29) is 26.9 Å². The minimum absolute atomic E-state index is 0.0241. The molecule has 1 N–H and O–H groups in total. The number of rotatable bonds is 11. The van der Waals surface area contributed by atoms with Gasteiger partial charge in [0.2, 0.25) is 15.9 Å². The van der Waals surface area contributed by atoms with Crippen molar-refractivity contribution < 1.29 is 31.1 Å². The lowest BCUT2D eigenvalue weighted by Gasteiger charge is -2.27. The molecule has 0 bridgehead atoms. The van der Waals surface area contributed by atoms with Crippen molar-refractivity contribution >= 4 is 37.3 Å². The maximum Gasteiger partial charge on any atom is 0.264 e. The Morgan fingerprint density at radius 1 is 0.925 bits per heavy atom. The molecule has 0 saturated carbocycles. The lowest BCUT2D eigenvalue weighted by atomic mass is 10.2. The van der Waals surface area contributed by atoms with Crippen LogP contribution in [0.5, 0.6) is 11.5 Å². The van der Waals surface area contributed by atoms with Crippen LogP contribution in [0.3, 0.4) is 0 Å². The van der Waals surface area contributed by atoms with Crippen molar-refractivity contribution in [3.63, 3.8) is 0 Å². The van der Waals surface area contributed by atoms with Crippen LogP contribution < -0.4 is 19.1 Å². The second-order valence-corrected chi connectivity index (χ2v) is 12.9. The van der Waals surface area contributed by atoms with Gasteiger partial charge in [-0.2, -0.15) is 4.31 Å². The fourth-order valence-electron chi connectivity index (χ4n) is 4.44. The molecule has 1 aliphatic heterocycles. The van der Waals surface area contributed by atoms with E-state index < -0.39 is 32.5 Å². The number of carbonyl (C=O) groups excluding carboxylic acids is 1. The fraction of sp³-hybridized carbons (Fsp3) is 0.321. The maximum absolute atomic E-state index is 13.6. The van der Waals surface area contributed by atoms with Gasteiger partial charge in [0.15, 0.2) is 0 Å². The first-order valence-corrected chi connectivity index (χ1v) is 15.8. The van der Waals surface area contributed by atoms with Gasteiger partial charge in [0.05, 0.1) is 24.3 Å². The van der Waals surface area contributed by atoms with E-state index in [4.69, 9.17) is 9.47 Å². The third-order valence-corrected chi connectivity index (χ3v) is 10.1. The van der Waals surface area contributed by atoms with E-state index in [1.807, 2.05) is 6.92 Å². The lowest BCUT2D eigenvalue weighted by molar-refractivity contribution is -0.114. The fourth-order valence-corrected chi connectivity index (χ4v) is 7.58. The first-order valence-electron chi connectivity index (χ1n) is 13.0. The third-order valence-electron chi connectivity index (χ3n) is 6.43. The number of ether oxygens (including phenoxy) is 2. The van der Waals surface area contributed by atoms with Gasteiger partial charge in [-0.25, -0.2) is 16.8 Å². The van der Waals surface area contributed by atoms with E-state index in [0.29, 0.717) is 25.4 Å². The second kappa shape index (κ2) is 12.7. The highest BCUT2D eigenvalue weighted by atomic mass is 32.2. The molecule has 0 spiro atoms. The molecule has 1 amide bonds. The monoisotopic (exact) mass is 587 g/mol. The number of benzene rings is 3. The number of hydrogen-bond acceptors (Lipinski definition) is 7. The summed E-state index contributed by atoms with van der Waals surface area (Å²) in [6, 6.07) is 18.5. The molecular weight excluding hydrogens is 554 g/mol. The van der Waals surface area contributed by atoms with Crippen LogP contribution >= 0.6 is 0 Å². The van der Waals surface area contributed by atoms with E-state index in [1.54, 1.807) is 42.5 Å². The number of anilines is 2. The average Bonchev–Trinajstić information content (AvgIpc) is 2.97. The maximum atomic E-state index is 13.6. The summed E-state index contributed by atoms with van der Waals surface area (Å²) in [5, 5.41) is 2.66. The Kier molecular flexibility index (Phi) is 9.33. The molecule has 214 valence electrons. The summed E-state index contributed by atoms with van der Waals surface area (Å²) >= 11 is 0. The minimum atomic E-state index is -4.11. The van der Waals surface area contributed by atoms with Crippen LogP contribution in [0, 0.1) is 0 Å². The smallest absolute Gasteiger partial charge is 0.264 e. The molecule has 0 atom stereocenters. The van der Waals surface area contributed by atoms with Crippen LogP contribution in [0.2, 0.25) is 0 Å². The zero-order valence-electron chi connectivity index (χ0n) is 22.4. The van der Waals surface area contributed by atoms with Gasteiger partial charge in [0, 0.05) is 18.8 Å². The molecule has 1 aliphatic rings. The van der Waals surface area contributed by atoms with Gasteiger partial charge in [-0.3, -0.25) is 9.10 Å². The highest BCUT2D eigenvalue weighted by molar-refractivity contribution is 7.92. The molecule has 1 heterocycles. The SMILES string of the molecule is CCOc1ccc(N(CC(=O)Nc2ccc(OC)c(S(=O)(=O)N3CCCCC3)c2)S(=O)(=O)c2ccccc2)cc1. The van der Waals surface area contributed by atoms with E-state index >= 15 is 0 Å². The summed E-state index contributed by atoms with van der Waals surface area (Å²) in [5.74, 6) is 0.0690. The molecule has 10 nitrogen and oxygen atoms in total. The van der Waals surface area contributed by atoms with Gasteiger partial charge in [-0.1, -0.05) is 24.6 Å². The minimum Gasteiger partial charge on any atom is -0.495 e. The molecule has 0 radical (unpaired) electrons. The van der Waals surface area contributed by atoms with Crippen LogP contribution in [0.15, 0.2) is 82.6 Å². The molecule has 3 aromatic rings. The average molecular weight is 588 g/mol. The van der Waals surface area contributed by atoms with E-state index in [2.05, 4.69) is 5.32 Å². The Morgan fingerprint density at radius 2 is 1.60 bits per heavy atom. The molecule has 0 aromatic heterocycles. The second-order valence-electron chi connectivity index (χ2n) is 9.13. The van der Waals surface area contributed by atoms with Gasteiger partial charge in [0.25, 0.3) is 10.0 Å².